The number of piperazine rings is 1. The molecule has 0 amide bonds. The zero-order chi connectivity index (χ0) is 29.8. The molecule has 1 saturated heterocycles. The van der Waals surface area contributed by atoms with Crippen molar-refractivity contribution < 1.29 is 13.2 Å². The molecule has 2 heterocycles. The molecule has 41 heavy (non-hydrogen) atoms. The lowest BCUT2D eigenvalue weighted by Crippen LogP contribution is -2.48. The molecule has 10 nitrogen and oxygen atoms in total. The number of carbonyl (C=O) groups is 1. The minimum absolute atomic E-state index is 0.0726. The van der Waals surface area contributed by atoms with Crippen molar-refractivity contribution in [2.75, 3.05) is 48.3 Å². The summed E-state index contributed by atoms with van der Waals surface area (Å²) in [4.78, 5) is 25.9. The number of benzene rings is 2. The van der Waals surface area contributed by atoms with Gasteiger partial charge in [-0.2, -0.15) is 4.98 Å². The molecular weight excluding hydrogens is 538 g/mol. The molecule has 2 aromatic carbocycles. The van der Waals surface area contributed by atoms with Gasteiger partial charge in [-0.3, -0.25) is 9.69 Å². The van der Waals surface area contributed by atoms with E-state index in [0.717, 1.165) is 43.1 Å². The lowest BCUT2D eigenvalue weighted by molar-refractivity contribution is -0.123. The summed E-state index contributed by atoms with van der Waals surface area (Å²) in [5.74, 6) is 1.36. The van der Waals surface area contributed by atoms with Gasteiger partial charge in [0.25, 0.3) is 0 Å². The number of rotatable bonds is 10. The van der Waals surface area contributed by atoms with Gasteiger partial charge in [0.15, 0.2) is 0 Å². The summed E-state index contributed by atoms with van der Waals surface area (Å²) in [7, 11) is -3.67. The highest BCUT2D eigenvalue weighted by Crippen LogP contribution is 2.25. The molecule has 0 radical (unpaired) electrons. The number of hydrogen-bond donors (Lipinski definition) is 3. The van der Waals surface area contributed by atoms with Crippen LogP contribution in [-0.2, 0) is 14.8 Å². The number of carbonyl (C=O) groups excluding carboxylic acids is 1. The Kier molecular flexibility index (Phi) is 9.31. The van der Waals surface area contributed by atoms with Gasteiger partial charge in [-0.1, -0.05) is 19.9 Å². The largest absolute Gasteiger partial charge is 0.369 e. The average molecular weight is 580 g/mol. The molecule has 0 unspecified atom stereocenters. The first-order chi connectivity index (χ1) is 19.3. The minimum Gasteiger partial charge on any atom is -0.369 e. The van der Waals surface area contributed by atoms with E-state index in [1.807, 2.05) is 32.9 Å². The molecule has 0 atom stereocenters. The molecule has 1 aliphatic rings. The van der Waals surface area contributed by atoms with Gasteiger partial charge in [0.2, 0.25) is 16.0 Å². The van der Waals surface area contributed by atoms with E-state index in [2.05, 4.69) is 47.3 Å². The average Bonchev–Trinajstić information content (AvgIpc) is 2.90. The van der Waals surface area contributed by atoms with E-state index in [1.165, 1.54) is 0 Å². The molecule has 11 heteroatoms. The first-order valence-electron chi connectivity index (χ1n) is 13.9. The van der Waals surface area contributed by atoms with Crippen LogP contribution in [0.4, 0.5) is 28.8 Å². The zero-order valence-electron chi connectivity index (χ0n) is 24.7. The molecule has 0 aliphatic carbocycles. The molecule has 0 spiro atoms. The molecule has 0 saturated carbocycles. The molecule has 0 bridgehead atoms. The maximum atomic E-state index is 12.8. The fourth-order valence-electron chi connectivity index (χ4n) is 4.42. The van der Waals surface area contributed by atoms with Crippen molar-refractivity contribution in [3.05, 3.63) is 60.3 Å². The van der Waals surface area contributed by atoms with Gasteiger partial charge in [-0.25, -0.2) is 18.1 Å². The SMILES string of the molecule is Cc1cnc(Nc2ccc(N3CCN(CC(=O)C(C)C)CC3)cc2)nc1Nc1cccc(S(=O)(=O)NC(C)(C)C)c1. The molecule has 1 aliphatic heterocycles. The summed E-state index contributed by atoms with van der Waals surface area (Å²) in [5.41, 5.74) is 2.82. The number of aryl methyl sites for hydroxylation is 1. The zero-order valence-corrected chi connectivity index (χ0v) is 25.5. The third-order valence-electron chi connectivity index (χ3n) is 6.70. The predicted octanol–water partition coefficient (Wildman–Crippen LogP) is 4.70. The van der Waals surface area contributed by atoms with Crippen LogP contribution in [0.15, 0.2) is 59.6 Å². The highest BCUT2D eigenvalue weighted by Gasteiger charge is 2.23. The van der Waals surface area contributed by atoms with Crippen LogP contribution in [0.1, 0.15) is 40.2 Å². The Balaban J connectivity index is 1.39. The summed E-state index contributed by atoms with van der Waals surface area (Å²) in [6.45, 7) is 15.2. The number of nitrogens with one attached hydrogen (secondary N) is 3. The quantitative estimate of drug-likeness (QED) is 0.314. The Morgan fingerprint density at radius 3 is 2.29 bits per heavy atom. The number of hydrogen-bond acceptors (Lipinski definition) is 9. The Morgan fingerprint density at radius 1 is 0.976 bits per heavy atom. The maximum Gasteiger partial charge on any atom is 0.241 e. The highest BCUT2D eigenvalue weighted by molar-refractivity contribution is 7.89. The van der Waals surface area contributed by atoms with Crippen molar-refractivity contribution in [1.29, 1.82) is 0 Å². The number of Topliss-reactive ketones (excluding diaryl/α,β-unsaturated/α-hetero) is 1. The van der Waals surface area contributed by atoms with Crippen LogP contribution in [0.2, 0.25) is 0 Å². The number of anilines is 5. The standard InChI is InChI=1S/C30H41N7O3S/c1-21(2)27(38)20-36-14-16-37(17-15-36)25-12-10-23(11-13-25)33-29-31-19-22(3)28(34-29)32-24-8-7-9-26(18-24)41(39,40)35-30(4,5)6/h7-13,18-19,21,35H,14-17,20H2,1-6H3,(H2,31,32,33,34). The van der Waals surface area contributed by atoms with Gasteiger partial charge >= 0.3 is 0 Å². The van der Waals surface area contributed by atoms with Crippen LogP contribution in [0, 0.1) is 12.8 Å². The molecule has 220 valence electrons. The maximum absolute atomic E-state index is 12.8. The van der Waals surface area contributed by atoms with Gasteiger partial charge in [0.1, 0.15) is 11.6 Å². The molecule has 1 aromatic heterocycles. The number of sulfonamides is 1. The second-order valence-corrected chi connectivity index (χ2v) is 13.5. The van der Waals surface area contributed by atoms with Crippen LogP contribution in [0.3, 0.4) is 0 Å². The fraction of sp³-hybridized carbons (Fsp3) is 0.433. The molecule has 4 rings (SSSR count). The van der Waals surface area contributed by atoms with E-state index in [-0.39, 0.29) is 10.8 Å². The summed E-state index contributed by atoms with van der Waals surface area (Å²) in [6.07, 6.45) is 1.72. The molecule has 1 fully saturated rings. The Hall–Kier alpha value is -3.54. The van der Waals surface area contributed by atoms with Gasteiger partial charge in [-0.05, 0) is 70.2 Å². The van der Waals surface area contributed by atoms with Gasteiger partial charge in [-0.15, -0.1) is 0 Å². The van der Waals surface area contributed by atoms with E-state index in [9.17, 15) is 13.2 Å². The van der Waals surface area contributed by atoms with Crippen LogP contribution < -0.4 is 20.3 Å². The summed E-state index contributed by atoms with van der Waals surface area (Å²) >= 11 is 0. The van der Waals surface area contributed by atoms with Gasteiger partial charge in [0, 0.05) is 66.5 Å². The molecule has 3 N–H and O–H groups in total. The normalized spacial score (nSPS) is 14.8. The van der Waals surface area contributed by atoms with E-state index in [1.54, 1.807) is 51.2 Å². The van der Waals surface area contributed by atoms with E-state index in [4.69, 9.17) is 0 Å². The molecular formula is C30H41N7O3S. The second-order valence-electron chi connectivity index (χ2n) is 11.8. The molecule has 3 aromatic rings. The monoisotopic (exact) mass is 579 g/mol. The first kappa shape index (κ1) is 30.4. The smallest absolute Gasteiger partial charge is 0.241 e. The third-order valence-corrected chi connectivity index (χ3v) is 8.46. The van der Waals surface area contributed by atoms with Crippen molar-refractivity contribution >= 4 is 44.6 Å². The van der Waals surface area contributed by atoms with Crippen molar-refractivity contribution in [2.45, 2.75) is 52.0 Å². The van der Waals surface area contributed by atoms with Crippen LogP contribution in [0.25, 0.3) is 0 Å². The van der Waals surface area contributed by atoms with Gasteiger partial charge < -0.3 is 15.5 Å². The first-order valence-corrected chi connectivity index (χ1v) is 15.4. The van der Waals surface area contributed by atoms with Crippen molar-refractivity contribution in [2.24, 2.45) is 5.92 Å². The summed E-state index contributed by atoms with van der Waals surface area (Å²) < 4.78 is 28.2. The minimum atomic E-state index is -3.67. The van der Waals surface area contributed by atoms with Crippen LogP contribution in [0.5, 0.6) is 0 Å². The Labute approximate surface area is 243 Å². The number of ketones is 1. The van der Waals surface area contributed by atoms with Gasteiger partial charge in [0.05, 0.1) is 11.4 Å². The van der Waals surface area contributed by atoms with Crippen LogP contribution >= 0.6 is 0 Å². The number of nitrogens with zero attached hydrogens (tertiary/aromatic N) is 4. The van der Waals surface area contributed by atoms with Crippen molar-refractivity contribution in [3.63, 3.8) is 0 Å². The second kappa shape index (κ2) is 12.5. The van der Waals surface area contributed by atoms with Crippen molar-refractivity contribution in [1.82, 2.24) is 19.6 Å². The van der Waals surface area contributed by atoms with Crippen LogP contribution in [-0.4, -0.2) is 67.3 Å². The van der Waals surface area contributed by atoms with E-state index < -0.39 is 15.6 Å². The fourth-order valence-corrected chi connectivity index (χ4v) is 5.88. The predicted molar refractivity (Wildman–Crippen MR) is 165 cm³/mol. The van der Waals surface area contributed by atoms with E-state index >= 15 is 0 Å². The topological polar surface area (TPSA) is 120 Å². The lowest BCUT2D eigenvalue weighted by Gasteiger charge is -2.36. The summed E-state index contributed by atoms with van der Waals surface area (Å²) in [6, 6.07) is 14.8. The number of aromatic nitrogens is 2. The Morgan fingerprint density at radius 2 is 1.66 bits per heavy atom. The lowest BCUT2D eigenvalue weighted by atomic mass is 10.1. The van der Waals surface area contributed by atoms with E-state index in [0.29, 0.717) is 29.8 Å². The third kappa shape index (κ3) is 8.48. The summed E-state index contributed by atoms with van der Waals surface area (Å²) in [5, 5.41) is 6.49. The Bertz CT molecular complexity index is 1460. The highest BCUT2D eigenvalue weighted by atomic mass is 32.2. The van der Waals surface area contributed by atoms with Crippen molar-refractivity contribution in [3.8, 4) is 0 Å².